The van der Waals surface area contributed by atoms with Crippen molar-refractivity contribution < 1.29 is 36.5 Å². The third kappa shape index (κ3) is 6.12. The first-order valence-electron chi connectivity index (χ1n) is 15.7. The number of fused-ring (bicyclic) bond motifs is 1. The third-order valence-electron chi connectivity index (χ3n) is 9.62. The minimum atomic E-state index is -4.01. The number of piperidine rings is 1. The van der Waals surface area contributed by atoms with E-state index in [0.29, 0.717) is 61.9 Å². The van der Waals surface area contributed by atoms with Gasteiger partial charge in [-0.25, -0.2) is 16.8 Å². The molecule has 0 radical (unpaired) electrons. The van der Waals surface area contributed by atoms with Crippen molar-refractivity contribution in [2.75, 3.05) is 39.5 Å². The largest absolute Gasteiger partial charge is 0.491 e. The number of hydrogen-bond donors (Lipinski definition) is 3. The molecule has 2 saturated heterocycles. The van der Waals surface area contributed by atoms with Gasteiger partial charge in [-0.2, -0.15) is 4.31 Å². The van der Waals surface area contributed by atoms with Crippen LogP contribution in [0.15, 0.2) is 69.3 Å². The van der Waals surface area contributed by atoms with Crippen LogP contribution in [0.4, 0.5) is 0 Å². The van der Waals surface area contributed by atoms with Crippen molar-refractivity contribution >= 4 is 30.8 Å². The Morgan fingerprint density at radius 3 is 2.50 bits per heavy atom. The van der Waals surface area contributed by atoms with Crippen LogP contribution in [0.1, 0.15) is 39.0 Å². The maximum absolute atomic E-state index is 13.6. The number of pyridine rings is 1. The molecule has 3 aliphatic rings. The number of sulfonamides is 1. The van der Waals surface area contributed by atoms with Crippen LogP contribution in [0, 0.1) is 0 Å². The Bertz CT molecular complexity index is 1860. The number of aromatic nitrogens is 1. The lowest BCUT2D eigenvalue weighted by Crippen LogP contribution is -2.47. The smallest absolute Gasteiger partial charge is 0.248 e. The molecule has 14 heteroatoms. The second-order valence-electron chi connectivity index (χ2n) is 12.6. The summed E-state index contributed by atoms with van der Waals surface area (Å²) in [5, 5.41) is 23.8. The van der Waals surface area contributed by atoms with E-state index >= 15 is 0 Å². The first kappa shape index (κ1) is 33.1. The highest BCUT2D eigenvalue weighted by atomic mass is 32.2. The van der Waals surface area contributed by atoms with Crippen molar-refractivity contribution in [3.05, 3.63) is 65.0 Å². The predicted molar refractivity (Wildman–Crippen MR) is 171 cm³/mol. The lowest BCUT2D eigenvalue weighted by Gasteiger charge is -2.38. The number of hydrogen-bond acceptors (Lipinski definition) is 10. The van der Waals surface area contributed by atoms with Crippen molar-refractivity contribution in [1.29, 1.82) is 0 Å². The second-order valence-corrected chi connectivity index (χ2v) is 16.9. The van der Waals surface area contributed by atoms with Crippen molar-refractivity contribution in [2.45, 2.75) is 77.9 Å². The van der Waals surface area contributed by atoms with Crippen LogP contribution in [0.2, 0.25) is 0 Å². The summed E-state index contributed by atoms with van der Waals surface area (Å²) in [5.41, 5.74) is -0.278. The zero-order valence-corrected chi connectivity index (χ0v) is 27.4. The van der Waals surface area contributed by atoms with E-state index in [9.17, 15) is 31.8 Å². The van der Waals surface area contributed by atoms with Gasteiger partial charge >= 0.3 is 0 Å². The van der Waals surface area contributed by atoms with E-state index < -0.39 is 48.3 Å². The van der Waals surface area contributed by atoms with Gasteiger partial charge in [-0.15, -0.1) is 0 Å². The molecule has 0 amide bonds. The Balaban J connectivity index is 1.00. The van der Waals surface area contributed by atoms with Gasteiger partial charge in [0, 0.05) is 43.8 Å². The summed E-state index contributed by atoms with van der Waals surface area (Å²) in [5.74, 6) is 0.316. The van der Waals surface area contributed by atoms with Gasteiger partial charge in [-0.1, -0.05) is 18.2 Å². The van der Waals surface area contributed by atoms with Crippen molar-refractivity contribution in [1.82, 2.24) is 14.2 Å². The summed E-state index contributed by atoms with van der Waals surface area (Å²) in [7, 11) is -7.69. The predicted octanol–water partition coefficient (Wildman–Crippen LogP) is 1.66. The monoisotopic (exact) mass is 675 g/mol. The molecule has 1 spiro atoms. The maximum Gasteiger partial charge on any atom is 0.248 e. The molecular weight excluding hydrogens is 634 g/mol. The number of benzene rings is 2. The Hall–Kier alpha value is -2.85. The first-order valence-corrected chi connectivity index (χ1v) is 18.6. The Kier molecular flexibility index (Phi) is 9.08. The number of aliphatic hydroxyl groups is 2. The van der Waals surface area contributed by atoms with Crippen LogP contribution in [-0.4, -0.2) is 97.9 Å². The lowest BCUT2D eigenvalue weighted by atomic mass is 9.88. The highest BCUT2D eigenvalue weighted by Crippen LogP contribution is 2.46. The number of rotatable bonds is 12. The molecule has 6 rings (SSSR count). The van der Waals surface area contributed by atoms with Crippen molar-refractivity contribution in [3.8, 4) is 5.75 Å². The van der Waals surface area contributed by atoms with E-state index in [0.717, 1.165) is 0 Å². The van der Waals surface area contributed by atoms with Gasteiger partial charge in [0.25, 0.3) is 0 Å². The van der Waals surface area contributed by atoms with Gasteiger partial charge in [0.1, 0.15) is 23.4 Å². The number of nitrogens with zero attached hydrogens (tertiary/aromatic N) is 2. The van der Waals surface area contributed by atoms with Crippen LogP contribution in [0.5, 0.6) is 5.75 Å². The Morgan fingerprint density at radius 2 is 1.80 bits per heavy atom. The molecule has 2 atom stereocenters. The normalized spacial score (nSPS) is 21.8. The lowest BCUT2D eigenvalue weighted by molar-refractivity contribution is -0.0312. The molecule has 46 heavy (non-hydrogen) atoms. The number of aryl methyl sites for hydroxylation is 1. The average molecular weight is 676 g/mol. The van der Waals surface area contributed by atoms with Gasteiger partial charge in [-0.3, -0.25) is 4.79 Å². The fraction of sp³-hybridized carbons (Fsp3) is 0.531. The average Bonchev–Trinajstić information content (AvgIpc) is 3.79. The molecular formula is C32H41N3O9S2. The second kappa shape index (κ2) is 12.6. The van der Waals surface area contributed by atoms with E-state index in [1.54, 1.807) is 28.8 Å². The quantitative estimate of drug-likeness (QED) is 0.257. The zero-order chi connectivity index (χ0) is 32.7. The molecule has 3 N–H and O–H groups in total. The Morgan fingerprint density at radius 1 is 1.07 bits per heavy atom. The molecule has 2 aromatic carbocycles. The molecule has 2 unspecified atom stereocenters. The molecule has 1 saturated carbocycles. The minimum absolute atomic E-state index is 0.0447. The standard InChI is InChI=1S/C32H41N3O9S2/c1-2-34-19-29(30(38)27-8-3-4-9-28(27)34)46(41,42)35-14-12-31(13-15-35)17-23(20-44-31)33-18-24(37)21-43-25-6-5-7-26(16-25)45(39,40)32(22-36)10-11-32/h3-9,16,19,23-24,33,36-37H,2,10-15,17-18,20-22H2,1H3. The molecule has 3 heterocycles. The SMILES string of the molecule is CCn1cc(S(=O)(=O)N2CCC3(CC2)CC(NCC(O)COc2cccc(S(=O)(=O)C4(CO)CC4)c2)CO3)c(=O)c2ccccc21. The summed E-state index contributed by atoms with van der Waals surface area (Å²) >= 11 is 0. The van der Waals surface area contributed by atoms with Crippen LogP contribution < -0.4 is 15.5 Å². The highest BCUT2D eigenvalue weighted by Gasteiger charge is 2.54. The molecule has 0 bridgehead atoms. The van der Waals surface area contributed by atoms with E-state index in [4.69, 9.17) is 9.47 Å². The Labute approximate surface area is 268 Å². The number of ether oxygens (including phenoxy) is 2. The van der Waals surface area contributed by atoms with Gasteiger partial charge < -0.3 is 29.6 Å². The number of sulfone groups is 1. The summed E-state index contributed by atoms with van der Waals surface area (Å²) in [6.07, 6.45) is 3.06. The van der Waals surface area contributed by atoms with E-state index in [2.05, 4.69) is 5.32 Å². The molecule has 250 valence electrons. The van der Waals surface area contributed by atoms with Gasteiger partial charge in [0.05, 0.1) is 34.0 Å². The molecule has 2 aliphatic heterocycles. The molecule has 1 aromatic heterocycles. The fourth-order valence-corrected chi connectivity index (χ4v) is 9.93. The minimum Gasteiger partial charge on any atom is -0.491 e. The van der Waals surface area contributed by atoms with E-state index in [1.807, 2.05) is 19.1 Å². The summed E-state index contributed by atoms with van der Waals surface area (Å²) in [6.45, 7) is 3.07. The number of nitrogens with one attached hydrogen (secondary N) is 1. The number of aliphatic hydroxyl groups excluding tert-OH is 2. The molecule has 3 fully saturated rings. The van der Waals surface area contributed by atoms with Gasteiger partial charge in [0.2, 0.25) is 15.5 Å². The van der Waals surface area contributed by atoms with Crippen LogP contribution in [0.3, 0.4) is 0 Å². The van der Waals surface area contributed by atoms with Gasteiger partial charge in [0.15, 0.2) is 9.84 Å². The first-order chi connectivity index (χ1) is 21.9. The molecule has 12 nitrogen and oxygen atoms in total. The van der Waals surface area contributed by atoms with Gasteiger partial charge in [-0.05, 0) is 69.4 Å². The summed E-state index contributed by atoms with van der Waals surface area (Å²) in [6, 6.07) is 13.1. The van der Waals surface area contributed by atoms with E-state index in [-0.39, 0.29) is 42.1 Å². The van der Waals surface area contributed by atoms with Crippen molar-refractivity contribution in [3.63, 3.8) is 0 Å². The maximum atomic E-state index is 13.6. The molecule has 1 aliphatic carbocycles. The van der Waals surface area contributed by atoms with E-state index in [1.165, 1.54) is 22.6 Å². The van der Waals surface area contributed by atoms with Crippen LogP contribution >= 0.6 is 0 Å². The summed E-state index contributed by atoms with van der Waals surface area (Å²) < 4.78 is 67.0. The zero-order valence-electron chi connectivity index (χ0n) is 25.8. The topological polar surface area (TPSA) is 164 Å². The fourth-order valence-electron chi connectivity index (χ4n) is 6.55. The van der Waals surface area contributed by atoms with Crippen molar-refractivity contribution in [2.24, 2.45) is 0 Å². The summed E-state index contributed by atoms with van der Waals surface area (Å²) in [4.78, 5) is 13.1. The van der Waals surface area contributed by atoms with Crippen LogP contribution in [0.25, 0.3) is 10.9 Å². The third-order valence-corrected chi connectivity index (χ3v) is 14.1. The number of para-hydroxylation sites is 1. The molecule has 3 aromatic rings. The van der Waals surface area contributed by atoms with Crippen LogP contribution in [-0.2, 0) is 31.1 Å². The highest BCUT2D eigenvalue weighted by molar-refractivity contribution is 7.93.